The predicted molar refractivity (Wildman–Crippen MR) is 65.2 cm³/mol. The fourth-order valence-electron chi connectivity index (χ4n) is 2.56. The highest BCUT2D eigenvalue weighted by Gasteiger charge is 2.40. The van der Waals surface area contributed by atoms with E-state index in [0.29, 0.717) is 6.04 Å². The van der Waals surface area contributed by atoms with E-state index in [1.165, 1.54) is 0 Å². The molecular formula is C13H21N3O. The number of nitrogens with one attached hydrogen (secondary N) is 1. The summed E-state index contributed by atoms with van der Waals surface area (Å²) in [6.45, 7) is 0. The van der Waals surface area contributed by atoms with Gasteiger partial charge in [-0.15, -0.1) is 0 Å². The minimum atomic E-state index is -0.351. The van der Waals surface area contributed by atoms with Crippen LogP contribution in [-0.4, -0.2) is 36.5 Å². The fourth-order valence-corrected chi connectivity index (χ4v) is 2.56. The number of carbonyl (C=O) groups excluding carboxylic acids is 1. The Hall–Kier alpha value is -1.08. The highest BCUT2D eigenvalue weighted by molar-refractivity contribution is 5.79. The topological polar surface area (TPSA) is 56.1 Å². The number of nitriles is 1. The molecule has 0 bridgehead atoms. The third kappa shape index (κ3) is 2.61. The third-order valence-corrected chi connectivity index (χ3v) is 4.17. The largest absolute Gasteiger partial charge is 0.353 e. The molecule has 1 N–H and O–H groups in total. The summed E-state index contributed by atoms with van der Waals surface area (Å²) in [4.78, 5) is 13.9. The van der Waals surface area contributed by atoms with Crippen molar-refractivity contribution in [2.45, 2.75) is 50.1 Å². The van der Waals surface area contributed by atoms with Gasteiger partial charge in [-0.25, -0.2) is 0 Å². The Labute approximate surface area is 103 Å². The van der Waals surface area contributed by atoms with Gasteiger partial charge in [0.1, 0.15) is 5.54 Å². The lowest BCUT2D eigenvalue weighted by atomic mass is 9.76. The maximum absolute atomic E-state index is 11.9. The second-order valence-corrected chi connectivity index (χ2v) is 5.59. The first-order valence-electron chi connectivity index (χ1n) is 6.46. The molecule has 2 saturated carbocycles. The van der Waals surface area contributed by atoms with Gasteiger partial charge in [0.15, 0.2) is 0 Å². The van der Waals surface area contributed by atoms with Crippen LogP contribution in [0.5, 0.6) is 0 Å². The molecule has 0 heterocycles. The van der Waals surface area contributed by atoms with Crippen molar-refractivity contribution in [3.05, 3.63) is 0 Å². The molecule has 1 amide bonds. The van der Waals surface area contributed by atoms with Crippen molar-refractivity contribution in [3.63, 3.8) is 0 Å². The zero-order chi connectivity index (χ0) is 12.5. The molecule has 2 aliphatic carbocycles. The van der Waals surface area contributed by atoms with Gasteiger partial charge < -0.3 is 5.32 Å². The lowest BCUT2D eigenvalue weighted by Crippen LogP contribution is -2.47. The van der Waals surface area contributed by atoms with Crippen LogP contribution in [0.2, 0.25) is 0 Å². The summed E-state index contributed by atoms with van der Waals surface area (Å²) in [6.07, 6.45) is 5.56. The van der Waals surface area contributed by atoms with Crippen molar-refractivity contribution in [1.82, 2.24) is 10.2 Å². The summed E-state index contributed by atoms with van der Waals surface area (Å²) in [6, 6.07) is 2.87. The molecule has 0 unspecified atom stereocenters. The number of carbonyl (C=O) groups is 1. The van der Waals surface area contributed by atoms with Gasteiger partial charge in [0.05, 0.1) is 6.07 Å². The van der Waals surface area contributed by atoms with Crippen LogP contribution >= 0.6 is 0 Å². The van der Waals surface area contributed by atoms with Crippen molar-refractivity contribution in [2.75, 3.05) is 14.1 Å². The van der Waals surface area contributed by atoms with Crippen molar-refractivity contribution in [1.29, 1.82) is 5.26 Å². The quantitative estimate of drug-likeness (QED) is 0.801. The second kappa shape index (κ2) is 4.66. The molecule has 0 saturated heterocycles. The van der Waals surface area contributed by atoms with Crippen LogP contribution < -0.4 is 5.32 Å². The van der Waals surface area contributed by atoms with Crippen molar-refractivity contribution >= 4 is 5.91 Å². The normalized spacial score (nSPS) is 33.2. The zero-order valence-electron chi connectivity index (χ0n) is 10.7. The predicted octanol–water partition coefficient (Wildman–Crippen LogP) is 1.28. The Kier molecular flexibility index (Phi) is 3.39. The van der Waals surface area contributed by atoms with Crippen LogP contribution in [0.15, 0.2) is 0 Å². The van der Waals surface area contributed by atoms with Gasteiger partial charge in [-0.3, -0.25) is 9.69 Å². The SMILES string of the molecule is CN(C)C1(C#N)CCC(C(=O)NC2CC2)CC1. The van der Waals surface area contributed by atoms with E-state index in [1.807, 2.05) is 19.0 Å². The van der Waals surface area contributed by atoms with E-state index in [2.05, 4.69) is 11.4 Å². The molecular weight excluding hydrogens is 214 g/mol. The molecule has 0 aromatic rings. The number of nitrogens with zero attached hydrogens (tertiary/aromatic N) is 2. The molecule has 0 aliphatic heterocycles. The Morgan fingerprint density at radius 1 is 1.29 bits per heavy atom. The maximum Gasteiger partial charge on any atom is 0.223 e. The molecule has 0 aromatic heterocycles. The highest BCUT2D eigenvalue weighted by atomic mass is 16.2. The van der Waals surface area contributed by atoms with Crippen LogP contribution in [0.25, 0.3) is 0 Å². The van der Waals surface area contributed by atoms with Crippen molar-refractivity contribution in [2.24, 2.45) is 5.92 Å². The van der Waals surface area contributed by atoms with E-state index in [-0.39, 0.29) is 17.4 Å². The fraction of sp³-hybridized carbons (Fsp3) is 0.846. The Balaban J connectivity index is 1.88. The number of rotatable bonds is 3. The lowest BCUT2D eigenvalue weighted by molar-refractivity contribution is -0.126. The first-order valence-corrected chi connectivity index (χ1v) is 6.46. The third-order valence-electron chi connectivity index (χ3n) is 4.17. The standard InChI is InChI=1S/C13H21N3O/c1-16(2)13(9-14)7-5-10(6-8-13)12(17)15-11-3-4-11/h10-11H,3-8H2,1-2H3,(H,15,17). The Bertz CT molecular complexity index is 333. The summed E-state index contributed by atoms with van der Waals surface area (Å²) < 4.78 is 0. The van der Waals surface area contributed by atoms with Crippen LogP contribution in [0.1, 0.15) is 38.5 Å². The summed E-state index contributed by atoms with van der Waals surface area (Å²) in [5.74, 6) is 0.329. The summed E-state index contributed by atoms with van der Waals surface area (Å²) in [5.41, 5.74) is -0.351. The van der Waals surface area contributed by atoms with Gasteiger partial charge in [0.25, 0.3) is 0 Å². The molecule has 2 rings (SSSR count). The van der Waals surface area contributed by atoms with E-state index >= 15 is 0 Å². The first-order chi connectivity index (χ1) is 8.07. The first kappa shape index (κ1) is 12.4. The monoisotopic (exact) mass is 235 g/mol. The van der Waals surface area contributed by atoms with Crippen LogP contribution in [-0.2, 0) is 4.79 Å². The van der Waals surface area contributed by atoms with E-state index in [0.717, 1.165) is 38.5 Å². The summed E-state index contributed by atoms with van der Waals surface area (Å²) in [5, 5.41) is 12.4. The van der Waals surface area contributed by atoms with Crippen LogP contribution in [0.3, 0.4) is 0 Å². The number of hydrogen-bond acceptors (Lipinski definition) is 3. The molecule has 94 valence electrons. The molecule has 2 fully saturated rings. The van der Waals surface area contributed by atoms with E-state index in [1.54, 1.807) is 0 Å². The molecule has 4 heteroatoms. The molecule has 0 aromatic carbocycles. The summed E-state index contributed by atoms with van der Waals surface area (Å²) in [7, 11) is 3.90. The van der Waals surface area contributed by atoms with E-state index < -0.39 is 0 Å². The maximum atomic E-state index is 11.9. The molecule has 17 heavy (non-hydrogen) atoms. The lowest BCUT2D eigenvalue weighted by Gasteiger charge is -2.39. The smallest absolute Gasteiger partial charge is 0.223 e. The van der Waals surface area contributed by atoms with Crippen molar-refractivity contribution in [3.8, 4) is 6.07 Å². The van der Waals surface area contributed by atoms with Crippen molar-refractivity contribution < 1.29 is 4.79 Å². The number of hydrogen-bond donors (Lipinski definition) is 1. The Morgan fingerprint density at radius 3 is 2.29 bits per heavy atom. The van der Waals surface area contributed by atoms with E-state index in [9.17, 15) is 10.1 Å². The minimum Gasteiger partial charge on any atom is -0.353 e. The zero-order valence-corrected chi connectivity index (χ0v) is 10.7. The van der Waals surface area contributed by atoms with Gasteiger partial charge >= 0.3 is 0 Å². The minimum absolute atomic E-state index is 0.122. The summed E-state index contributed by atoms with van der Waals surface area (Å²) >= 11 is 0. The molecule has 2 aliphatic rings. The van der Waals surface area contributed by atoms with Gasteiger partial charge in [-0.05, 0) is 52.6 Å². The molecule has 0 atom stereocenters. The average molecular weight is 235 g/mol. The second-order valence-electron chi connectivity index (χ2n) is 5.59. The van der Waals surface area contributed by atoms with E-state index in [4.69, 9.17) is 0 Å². The average Bonchev–Trinajstić information content (AvgIpc) is 3.12. The molecule has 4 nitrogen and oxygen atoms in total. The van der Waals surface area contributed by atoms with Gasteiger partial charge in [-0.1, -0.05) is 0 Å². The molecule has 0 spiro atoms. The van der Waals surface area contributed by atoms with Gasteiger partial charge in [0.2, 0.25) is 5.91 Å². The van der Waals surface area contributed by atoms with Crippen LogP contribution in [0.4, 0.5) is 0 Å². The van der Waals surface area contributed by atoms with Gasteiger partial charge in [-0.2, -0.15) is 5.26 Å². The molecule has 0 radical (unpaired) electrons. The van der Waals surface area contributed by atoms with Crippen LogP contribution in [0, 0.1) is 17.2 Å². The highest BCUT2D eigenvalue weighted by Crippen LogP contribution is 2.35. The Morgan fingerprint density at radius 2 is 1.88 bits per heavy atom. The number of amides is 1. The van der Waals surface area contributed by atoms with Gasteiger partial charge in [0, 0.05) is 12.0 Å².